The van der Waals surface area contributed by atoms with E-state index in [1.807, 2.05) is 56.3 Å². The van der Waals surface area contributed by atoms with Gasteiger partial charge in [-0.2, -0.15) is 0 Å². The molecule has 104 valence electrons. The van der Waals surface area contributed by atoms with Gasteiger partial charge in [-0.3, -0.25) is 0 Å². The van der Waals surface area contributed by atoms with E-state index in [1.165, 1.54) is 16.7 Å². The first-order valence-electron chi connectivity index (χ1n) is 6.73. The number of aryl methyl sites for hydroxylation is 3. The third-order valence-corrected chi connectivity index (χ3v) is 3.47. The monoisotopic (exact) mass is 268 g/mol. The molecule has 0 bridgehead atoms. The molecular weight excluding hydrogens is 248 g/mol. The molecule has 20 heavy (non-hydrogen) atoms. The van der Waals surface area contributed by atoms with E-state index in [-0.39, 0.29) is 6.03 Å². The molecule has 3 heteroatoms. The van der Waals surface area contributed by atoms with Gasteiger partial charge in [0.15, 0.2) is 0 Å². The van der Waals surface area contributed by atoms with Gasteiger partial charge in [0.05, 0.1) is 0 Å². The zero-order valence-corrected chi connectivity index (χ0v) is 12.2. The van der Waals surface area contributed by atoms with Crippen molar-refractivity contribution < 1.29 is 4.79 Å². The van der Waals surface area contributed by atoms with Crippen LogP contribution in [-0.2, 0) is 6.54 Å². The van der Waals surface area contributed by atoms with E-state index in [0.717, 1.165) is 11.3 Å². The highest BCUT2D eigenvalue weighted by atomic mass is 16.2. The molecule has 0 aliphatic rings. The molecular formula is C17H20N2O. The summed E-state index contributed by atoms with van der Waals surface area (Å²) < 4.78 is 0. The molecule has 2 aromatic rings. The van der Waals surface area contributed by atoms with E-state index in [4.69, 9.17) is 0 Å². The van der Waals surface area contributed by atoms with Gasteiger partial charge in [0.2, 0.25) is 0 Å². The van der Waals surface area contributed by atoms with Gasteiger partial charge < -0.3 is 10.6 Å². The lowest BCUT2D eigenvalue weighted by atomic mass is 10.1. The van der Waals surface area contributed by atoms with Gasteiger partial charge in [0, 0.05) is 12.2 Å². The van der Waals surface area contributed by atoms with Crippen molar-refractivity contribution in [1.29, 1.82) is 0 Å². The number of hydrogen-bond donors (Lipinski definition) is 2. The third kappa shape index (κ3) is 3.60. The second kappa shape index (κ2) is 6.24. The van der Waals surface area contributed by atoms with Crippen LogP contribution in [0, 0.1) is 20.8 Å². The molecule has 0 radical (unpaired) electrons. The Bertz CT molecular complexity index is 620. The van der Waals surface area contributed by atoms with Crippen LogP contribution in [0.3, 0.4) is 0 Å². The number of urea groups is 1. The van der Waals surface area contributed by atoms with Crippen molar-refractivity contribution in [3.8, 4) is 0 Å². The van der Waals surface area contributed by atoms with Crippen LogP contribution < -0.4 is 10.6 Å². The molecule has 0 spiro atoms. The Labute approximate surface area is 120 Å². The number of rotatable bonds is 3. The third-order valence-electron chi connectivity index (χ3n) is 3.47. The first-order chi connectivity index (χ1) is 9.56. The molecule has 2 amide bonds. The Hall–Kier alpha value is -2.29. The van der Waals surface area contributed by atoms with Crippen LogP contribution >= 0.6 is 0 Å². The minimum Gasteiger partial charge on any atom is -0.334 e. The number of carbonyl (C=O) groups is 1. The lowest BCUT2D eigenvalue weighted by Crippen LogP contribution is -2.28. The number of amides is 2. The second-order valence-electron chi connectivity index (χ2n) is 5.03. The van der Waals surface area contributed by atoms with Gasteiger partial charge in [-0.15, -0.1) is 0 Å². The lowest BCUT2D eigenvalue weighted by Gasteiger charge is -2.10. The van der Waals surface area contributed by atoms with Crippen LogP contribution in [0.4, 0.5) is 10.5 Å². The standard InChI is InChI=1S/C17H20N2O/c1-12-8-9-16(10-14(12)3)19-17(20)18-11-15-7-5-4-6-13(15)2/h4-10H,11H2,1-3H3,(H2,18,19,20). The molecule has 3 nitrogen and oxygen atoms in total. The largest absolute Gasteiger partial charge is 0.334 e. The zero-order chi connectivity index (χ0) is 14.5. The molecule has 0 aromatic heterocycles. The molecule has 2 rings (SSSR count). The molecule has 0 saturated carbocycles. The summed E-state index contributed by atoms with van der Waals surface area (Å²) in [6.07, 6.45) is 0. The van der Waals surface area contributed by atoms with Gasteiger partial charge in [0.25, 0.3) is 0 Å². The second-order valence-corrected chi connectivity index (χ2v) is 5.03. The first kappa shape index (κ1) is 14.1. The fourth-order valence-electron chi connectivity index (χ4n) is 1.98. The van der Waals surface area contributed by atoms with E-state index in [1.54, 1.807) is 0 Å². The van der Waals surface area contributed by atoms with Crippen LogP contribution in [0.1, 0.15) is 22.3 Å². The van der Waals surface area contributed by atoms with Crippen LogP contribution in [0.15, 0.2) is 42.5 Å². The van der Waals surface area contributed by atoms with Gasteiger partial charge in [0.1, 0.15) is 0 Å². The van der Waals surface area contributed by atoms with E-state index in [9.17, 15) is 4.79 Å². The van der Waals surface area contributed by atoms with Gasteiger partial charge in [-0.25, -0.2) is 4.79 Å². The van der Waals surface area contributed by atoms with E-state index in [2.05, 4.69) is 17.6 Å². The summed E-state index contributed by atoms with van der Waals surface area (Å²) in [4.78, 5) is 11.9. The number of carbonyl (C=O) groups excluding carboxylic acids is 1. The Morgan fingerprint density at radius 1 is 0.950 bits per heavy atom. The fourth-order valence-corrected chi connectivity index (χ4v) is 1.98. The van der Waals surface area contributed by atoms with Crippen LogP contribution in [0.2, 0.25) is 0 Å². The summed E-state index contributed by atoms with van der Waals surface area (Å²) in [5, 5.41) is 5.72. The summed E-state index contributed by atoms with van der Waals surface area (Å²) in [6.45, 7) is 6.66. The van der Waals surface area contributed by atoms with Crippen molar-refractivity contribution in [3.63, 3.8) is 0 Å². The zero-order valence-electron chi connectivity index (χ0n) is 12.2. The highest BCUT2D eigenvalue weighted by Crippen LogP contribution is 2.14. The molecule has 0 atom stereocenters. The lowest BCUT2D eigenvalue weighted by molar-refractivity contribution is 0.251. The normalized spacial score (nSPS) is 10.2. The molecule has 0 aliphatic heterocycles. The summed E-state index contributed by atoms with van der Waals surface area (Å²) in [5.41, 5.74) is 5.51. The van der Waals surface area contributed by atoms with Crippen molar-refractivity contribution in [2.75, 3.05) is 5.32 Å². The van der Waals surface area contributed by atoms with Crippen molar-refractivity contribution in [1.82, 2.24) is 5.32 Å². The maximum atomic E-state index is 11.9. The molecule has 0 saturated heterocycles. The van der Waals surface area contributed by atoms with Gasteiger partial charge >= 0.3 is 6.03 Å². The summed E-state index contributed by atoms with van der Waals surface area (Å²) in [6, 6.07) is 13.7. The highest BCUT2D eigenvalue weighted by Gasteiger charge is 2.03. The van der Waals surface area contributed by atoms with Crippen LogP contribution in [-0.4, -0.2) is 6.03 Å². The molecule has 0 heterocycles. The minimum atomic E-state index is -0.184. The Kier molecular flexibility index (Phi) is 4.41. The van der Waals surface area contributed by atoms with Crippen molar-refractivity contribution in [2.24, 2.45) is 0 Å². The van der Waals surface area contributed by atoms with E-state index >= 15 is 0 Å². The minimum absolute atomic E-state index is 0.184. The molecule has 2 aromatic carbocycles. The Morgan fingerprint density at radius 2 is 1.70 bits per heavy atom. The SMILES string of the molecule is Cc1ccc(NC(=O)NCc2ccccc2C)cc1C. The quantitative estimate of drug-likeness (QED) is 0.870. The number of benzene rings is 2. The van der Waals surface area contributed by atoms with Crippen LogP contribution in [0.25, 0.3) is 0 Å². The van der Waals surface area contributed by atoms with Crippen molar-refractivity contribution >= 4 is 11.7 Å². The average molecular weight is 268 g/mol. The van der Waals surface area contributed by atoms with E-state index in [0.29, 0.717) is 6.54 Å². The van der Waals surface area contributed by atoms with Crippen LogP contribution in [0.5, 0.6) is 0 Å². The fraction of sp³-hybridized carbons (Fsp3) is 0.235. The summed E-state index contributed by atoms with van der Waals surface area (Å²) in [5.74, 6) is 0. The number of anilines is 1. The summed E-state index contributed by atoms with van der Waals surface area (Å²) in [7, 11) is 0. The molecule has 0 unspecified atom stereocenters. The number of nitrogens with one attached hydrogen (secondary N) is 2. The van der Waals surface area contributed by atoms with Crippen molar-refractivity contribution in [2.45, 2.75) is 27.3 Å². The van der Waals surface area contributed by atoms with Crippen molar-refractivity contribution in [3.05, 3.63) is 64.7 Å². The van der Waals surface area contributed by atoms with Gasteiger partial charge in [-0.1, -0.05) is 30.3 Å². The van der Waals surface area contributed by atoms with E-state index < -0.39 is 0 Å². The Balaban J connectivity index is 1.93. The first-order valence-corrected chi connectivity index (χ1v) is 6.73. The molecule has 2 N–H and O–H groups in total. The molecule has 0 fully saturated rings. The maximum Gasteiger partial charge on any atom is 0.319 e. The topological polar surface area (TPSA) is 41.1 Å². The summed E-state index contributed by atoms with van der Waals surface area (Å²) >= 11 is 0. The maximum absolute atomic E-state index is 11.9. The van der Waals surface area contributed by atoms with Gasteiger partial charge in [-0.05, 0) is 55.2 Å². The predicted octanol–water partition coefficient (Wildman–Crippen LogP) is 3.93. The highest BCUT2D eigenvalue weighted by molar-refractivity contribution is 5.89. The smallest absolute Gasteiger partial charge is 0.319 e. The Morgan fingerprint density at radius 3 is 2.40 bits per heavy atom. The molecule has 0 aliphatic carbocycles. The average Bonchev–Trinajstić information content (AvgIpc) is 2.42. The predicted molar refractivity (Wildman–Crippen MR) is 83.0 cm³/mol. The number of hydrogen-bond acceptors (Lipinski definition) is 1.